The van der Waals surface area contributed by atoms with Crippen LogP contribution in [0.4, 0.5) is 5.69 Å². The van der Waals surface area contributed by atoms with Crippen LogP contribution >= 0.6 is 0 Å². The molecule has 3 rings (SSSR count). The molecule has 1 heterocycles. The minimum Gasteiger partial charge on any atom is -0.457 e. The first-order valence-corrected chi connectivity index (χ1v) is 9.09. The fraction of sp³-hybridized carbons (Fsp3) is 0.350. The maximum absolute atomic E-state index is 12.6. The fourth-order valence-electron chi connectivity index (χ4n) is 3.17. The van der Waals surface area contributed by atoms with Crippen molar-refractivity contribution in [1.29, 1.82) is 0 Å². The molecule has 2 unspecified atom stereocenters. The Hall–Kier alpha value is -2.93. The molecule has 0 aliphatic carbocycles. The Balaban J connectivity index is 1.63. The molecule has 1 aliphatic rings. The third-order valence-corrected chi connectivity index (χ3v) is 4.69. The van der Waals surface area contributed by atoms with E-state index in [1.807, 2.05) is 6.92 Å². The van der Waals surface area contributed by atoms with Gasteiger partial charge in [0, 0.05) is 29.8 Å². The summed E-state index contributed by atoms with van der Waals surface area (Å²) >= 11 is 0. The van der Waals surface area contributed by atoms with Crippen LogP contribution in [0.5, 0.6) is 11.5 Å². The lowest BCUT2D eigenvalue weighted by molar-refractivity contribution is -0.384. The number of carbonyl (C=O) groups is 1. The van der Waals surface area contributed by atoms with Gasteiger partial charge < -0.3 is 15.4 Å². The van der Waals surface area contributed by atoms with E-state index in [1.54, 1.807) is 24.3 Å². The number of nitro groups is 1. The van der Waals surface area contributed by atoms with Crippen LogP contribution in [0.2, 0.25) is 0 Å². The number of nitro benzene ring substituents is 1. The number of hydrogen-bond acceptors (Lipinski definition) is 5. The second-order valence-corrected chi connectivity index (χ2v) is 6.70. The first-order valence-electron chi connectivity index (χ1n) is 9.09. The third kappa shape index (κ3) is 5.04. The Labute approximate surface area is 157 Å². The molecule has 27 heavy (non-hydrogen) atoms. The fourth-order valence-corrected chi connectivity index (χ4v) is 3.17. The molecule has 7 heteroatoms. The SMILES string of the molecule is CC(NC(=O)c1cccc(Oc2ccc([N+](=O)[O-])cc2)c1)C1CCCCN1. The smallest absolute Gasteiger partial charge is 0.269 e. The lowest BCUT2D eigenvalue weighted by atomic mass is 9.99. The van der Waals surface area contributed by atoms with Crippen molar-refractivity contribution in [2.75, 3.05) is 6.54 Å². The highest BCUT2D eigenvalue weighted by Gasteiger charge is 2.21. The first kappa shape index (κ1) is 18.8. The molecule has 0 saturated carbocycles. The van der Waals surface area contributed by atoms with E-state index in [9.17, 15) is 14.9 Å². The van der Waals surface area contributed by atoms with Gasteiger partial charge in [0.05, 0.1) is 4.92 Å². The van der Waals surface area contributed by atoms with Crippen molar-refractivity contribution < 1.29 is 14.5 Å². The maximum atomic E-state index is 12.6. The van der Waals surface area contributed by atoms with Crippen molar-refractivity contribution >= 4 is 11.6 Å². The van der Waals surface area contributed by atoms with E-state index in [2.05, 4.69) is 10.6 Å². The Bertz CT molecular complexity index is 801. The first-order chi connectivity index (χ1) is 13.0. The zero-order valence-electron chi connectivity index (χ0n) is 15.2. The minimum absolute atomic E-state index is 0.000730. The molecule has 2 aromatic carbocycles. The molecular weight excluding hydrogens is 346 g/mol. The number of ether oxygens (including phenoxy) is 1. The number of rotatable bonds is 6. The number of hydrogen-bond donors (Lipinski definition) is 2. The normalized spacial score (nSPS) is 17.7. The van der Waals surface area contributed by atoms with Gasteiger partial charge in [0.25, 0.3) is 11.6 Å². The third-order valence-electron chi connectivity index (χ3n) is 4.69. The Kier molecular flexibility index (Phi) is 6.03. The lowest BCUT2D eigenvalue weighted by Gasteiger charge is -2.29. The van der Waals surface area contributed by atoms with Gasteiger partial charge in [-0.3, -0.25) is 14.9 Å². The second-order valence-electron chi connectivity index (χ2n) is 6.70. The zero-order valence-corrected chi connectivity index (χ0v) is 15.2. The van der Waals surface area contributed by atoms with E-state index in [1.165, 1.54) is 37.1 Å². The van der Waals surface area contributed by atoms with Gasteiger partial charge in [0.1, 0.15) is 11.5 Å². The average molecular weight is 369 g/mol. The number of nitrogens with zero attached hydrogens (tertiary/aromatic N) is 1. The molecule has 1 saturated heterocycles. The Morgan fingerprint density at radius 3 is 2.67 bits per heavy atom. The number of amides is 1. The maximum Gasteiger partial charge on any atom is 0.269 e. The highest BCUT2D eigenvalue weighted by atomic mass is 16.6. The summed E-state index contributed by atoms with van der Waals surface area (Å²) in [5.74, 6) is 0.821. The van der Waals surface area contributed by atoms with Gasteiger partial charge in [0.2, 0.25) is 0 Å². The molecule has 2 atom stereocenters. The Morgan fingerprint density at radius 1 is 1.22 bits per heavy atom. The van der Waals surface area contributed by atoms with Crippen LogP contribution in [-0.4, -0.2) is 29.5 Å². The van der Waals surface area contributed by atoms with Gasteiger partial charge in [-0.25, -0.2) is 0 Å². The van der Waals surface area contributed by atoms with Crippen molar-refractivity contribution in [1.82, 2.24) is 10.6 Å². The molecule has 7 nitrogen and oxygen atoms in total. The van der Waals surface area contributed by atoms with Crippen molar-refractivity contribution in [3.8, 4) is 11.5 Å². The van der Waals surface area contributed by atoms with Gasteiger partial charge >= 0.3 is 0 Å². The second kappa shape index (κ2) is 8.64. The largest absolute Gasteiger partial charge is 0.457 e. The topological polar surface area (TPSA) is 93.5 Å². The van der Waals surface area contributed by atoms with Crippen LogP contribution in [0.3, 0.4) is 0 Å². The van der Waals surface area contributed by atoms with Crippen molar-refractivity contribution in [2.45, 2.75) is 38.3 Å². The molecular formula is C20H23N3O4. The molecule has 0 radical (unpaired) electrons. The number of carbonyl (C=O) groups excluding carboxylic acids is 1. The van der Waals surface area contributed by atoms with E-state index in [-0.39, 0.29) is 17.6 Å². The summed E-state index contributed by atoms with van der Waals surface area (Å²) in [6, 6.07) is 13.0. The standard InChI is InChI=1S/C20H23N3O4/c1-14(19-7-2-3-12-21-19)22-20(24)15-5-4-6-18(13-15)27-17-10-8-16(9-11-17)23(25)26/h4-6,8-11,13-14,19,21H,2-3,7,12H2,1H3,(H,22,24). The molecule has 0 bridgehead atoms. The van der Waals surface area contributed by atoms with E-state index < -0.39 is 4.92 Å². The van der Waals surface area contributed by atoms with E-state index in [0.717, 1.165) is 13.0 Å². The number of benzene rings is 2. The summed E-state index contributed by atoms with van der Waals surface area (Å²) in [5.41, 5.74) is 0.512. The van der Waals surface area contributed by atoms with Gasteiger partial charge in [-0.2, -0.15) is 0 Å². The quantitative estimate of drug-likeness (QED) is 0.599. The number of nitrogens with one attached hydrogen (secondary N) is 2. The monoisotopic (exact) mass is 369 g/mol. The summed E-state index contributed by atoms with van der Waals surface area (Å²) in [4.78, 5) is 22.8. The highest BCUT2D eigenvalue weighted by Crippen LogP contribution is 2.24. The summed E-state index contributed by atoms with van der Waals surface area (Å²) < 4.78 is 5.71. The van der Waals surface area contributed by atoms with Crippen molar-refractivity contribution in [3.05, 3.63) is 64.2 Å². The van der Waals surface area contributed by atoms with Crippen LogP contribution in [-0.2, 0) is 0 Å². The van der Waals surface area contributed by atoms with Gasteiger partial charge in [0.15, 0.2) is 0 Å². The molecule has 1 amide bonds. The van der Waals surface area contributed by atoms with Gasteiger partial charge in [-0.15, -0.1) is 0 Å². The lowest BCUT2D eigenvalue weighted by Crippen LogP contribution is -2.50. The molecule has 0 aromatic heterocycles. The molecule has 1 fully saturated rings. The van der Waals surface area contributed by atoms with E-state index >= 15 is 0 Å². The molecule has 1 aliphatic heterocycles. The summed E-state index contributed by atoms with van der Waals surface area (Å²) in [7, 11) is 0. The number of non-ortho nitro benzene ring substituents is 1. The average Bonchev–Trinajstić information content (AvgIpc) is 2.69. The molecule has 2 N–H and O–H groups in total. The van der Waals surface area contributed by atoms with Crippen LogP contribution in [0.15, 0.2) is 48.5 Å². The van der Waals surface area contributed by atoms with Gasteiger partial charge in [-0.1, -0.05) is 12.5 Å². The van der Waals surface area contributed by atoms with E-state index in [4.69, 9.17) is 4.74 Å². The van der Waals surface area contributed by atoms with Crippen LogP contribution in [0.25, 0.3) is 0 Å². The molecule has 142 valence electrons. The van der Waals surface area contributed by atoms with Crippen molar-refractivity contribution in [3.63, 3.8) is 0 Å². The molecule has 0 spiro atoms. The summed E-state index contributed by atoms with van der Waals surface area (Å²) in [6.07, 6.45) is 3.42. The van der Waals surface area contributed by atoms with Gasteiger partial charge in [-0.05, 0) is 56.6 Å². The zero-order chi connectivity index (χ0) is 19.2. The van der Waals surface area contributed by atoms with Crippen LogP contribution in [0.1, 0.15) is 36.5 Å². The van der Waals surface area contributed by atoms with Crippen molar-refractivity contribution in [2.24, 2.45) is 0 Å². The predicted octanol–water partition coefficient (Wildman–Crippen LogP) is 3.65. The predicted molar refractivity (Wildman–Crippen MR) is 102 cm³/mol. The van der Waals surface area contributed by atoms with E-state index in [0.29, 0.717) is 23.1 Å². The summed E-state index contributed by atoms with van der Waals surface area (Å²) in [6.45, 7) is 3.00. The highest BCUT2D eigenvalue weighted by molar-refractivity contribution is 5.94. The molecule has 2 aromatic rings. The summed E-state index contributed by atoms with van der Waals surface area (Å²) in [5, 5.41) is 17.2. The minimum atomic E-state index is -0.461. The van der Waals surface area contributed by atoms with Crippen LogP contribution < -0.4 is 15.4 Å². The Morgan fingerprint density at radius 2 is 2.00 bits per heavy atom. The number of piperidine rings is 1. The van der Waals surface area contributed by atoms with Crippen LogP contribution in [0, 0.1) is 10.1 Å².